The Morgan fingerprint density at radius 1 is 1.05 bits per heavy atom. The molecule has 0 aliphatic carbocycles. The van der Waals surface area contributed by atoms with Gasteiger partial charge in [-0.15, -0.1) is 11.3 Å². The zero-order valence-corrected chi connectivity index (χ0v) is 10.9. The summed E-state index contributed by atoms with van der Waals surface area (Å²) in [6, 6.07) is 14.8. The van der Waals surface area contributed by atoms with Crippen LogP contribution in [0.15, 0.2) is 53.9 Å². The van der Waals surface area contributed by atoms with Gasteiger partial charge >= 0.3 is 0 Å². The fourth-order valence-corrected chi connectivity index (χ4v) is 2.65. The first kappa shape index (κ1) is 11.7. The lowest BCUT2D eigenvalue weighted by atomic mass is 10.2. The van der Waals surface area contributed by atoms with Crippen molar-refractivity contribution in [3.8, 4) is 0 Å². The van der Waals surface area contributed by atoms with Crippen molar-refractivity contribution in [1.82, 2.24) is 0 Å². The smallest absolute Gasteiger partial charge is 0.255 e. The molecule has 0 unspecified atom stereocenters. The van der Waals surface area contributed by atoms with Crippen molar-refractivity contribution in [1.29, 1.82) is 0 Å². The molecule has 3 nitrogen and oxygen atoms in total. The Morgan fingerprint density at radius 3 is 2.63 bits per heavy atom. The molecule has 3 aromatic rings. The number of fused-ring (bicyclic) bond motifs is 1. The third kappa shape index (κ3) is 2.44. The van der Waals surface area contributed by atoms with Gasteiger partial charge in [0.15, 0.2) is 0 Å². The molecule has 0 saturated heterocycles. The lowest BCUT2D eigenvalue weighted by Gasteiger charge is -2.05. The van der Waals surface area contributed by atoms with Crippen LogP contribution in [-0.2, 0) is 0 Å². The number of benzene rings is 2. The number of hydrogen-bond donors (Lipinski definition) is 2. The quantitative estimate of drug-likeness (QED) is 0.696. The van der Waals surface area contributed by atoms with Crippen LogP contribution in [-0.4, -0.2) is 5.91 Å². The van der Waals surface area contributed by atoms with Crippen molar-refractivity contribution in [2.75, 3.05) is 11.1 Å². The van der Waals surface area contributed by atoms with Crippen LogP contribution >= 0.6 is 11.3 Å². The fraction of sp³-hybridized carbons (Fsp3) is 0. The molecule has 19 heavy (non-hydrogen) atoms. The molecule has 0 fully saturated rings. The maximum Gasteiger partial charge on any atom is 0.255 e. The molecule has 4 heteroatoms. The average molecular weight is 268 g/mol. The summed E-state index contributed by atoms with van der Waals surface area (Å²) in [7, 11) is 0. The van der Waals surface area contributed by atoms with E-state index >= 15 is 0 Å². The summed E-state index contributed by atoms with van der Waals surface area (Å²) in [4.78, 5) is 12.1. The van der Waals surface area contributed by atoms with Gasteiger partial charge in [0.1, 0.15) is 0 Å². The van der Waals surface area contributed by atoms with Crippen molar-refractivity contribution >= 4 is 38.7 Å². The van der Waals surface area contributed by atoms with Crippen LogP contribution in [0.1, 0.15) is 10.4 Å². The minimum atomic E-state index is -0.130. The van der Waals surface area contributed by atoms with Gasteiger partial charge in [-0.25, -0.2) is 0 Å². The molecule has 1 aromatic heterocycles. The molecule has 0 aliphatic rings. The average Bonchev–Trinajstić information content (AvgIpc) is 2.87. The zero-order chi connectivity index (χ0) is 13.2. The van der Waals surface area contributed by atoms with E-state index in [1.807, 2.05) is 29.6 Å². The molecule has 0 saturated carbocycles. The molecule has 0 atom stereocenters. The third-order valence-electron chi connectivity index (χ3n) is 2.88. The van der Waals surface area contributed by atoms with E-state index in [0.29, 0.717) is 11.3 Å². The number of hydrogen-bond acceptors (Lipinski definition) is 3. The number of anilines is 2. The van der Waals surface area contributed by atoms with E-state index in [9.17, 15) is 4.79 Å². The summed E-state index contributed by atoms with van der Waals surface area (Å²) in [6.07, 6.45) is 0. The minimum absolute atomic E-state index is 0.130. The second-order valence-electron chi connectivity index (χ2n) is 4.25. The molecule has 3 rings (SSSR count). The van der Waals surface area contributed by atoms with Gasteiger partial charge < -0.3 is 11.1 Å². The SMILES string of the molecule is Nc1ccc(C(=O)Nc2ccc3sccc3c2)cc1. The summed E-state index contributed by atoms with van der Waals surface area (Å²) in [5, 5.41) is 6.06. The highest BCUT2D eigenvalue weighted by Crippen LogP contribution is 2.24. The molecule has 0 bridgehead atoms. The number of thiophene rings is 1. The van der Waals surface area contributed by atoms with E-state index in [-0.39, 0.29) is 5.91 Å². The van der Waals surface area contributed by atoms with Crippen LogP contribution in [0.3, 0.4) is 0 Å². The molecule has 0 aliphatic heterocycles. The second-order valence-corrected chi connectivity index (χ2v) is 5.20. The van der Waals surface area contributed by atoms with E-state index in [0.717, 1.165) is 11.1 Å². The molecular formula is C15H12N2OS. The van der Waals surface area contributed by atoms with Gasteiger partial charge in [0, 0.05) is 21.6 Å². The standard InChI is InChI=1S/C15H12N2OS/c16-12-3-1-10(2-4-12)15(18)17-13-5-6-14-11(9-13)7-8-19-14/h1-9H,16H2,(H,17,18). The van der Waals surface area contributed by atoms with Crippen LogP contribution in [0.25, 0.3) is 10.1 Å². The fourth-order valence-electron chi connectivity index (χ4n) is 1.88. The van der Waals surface area contributed by atoms with E-state index < -0.39 is 0 Å². The van der Waals surface area contributed by atoms with Gasteiger partial charge in [-0.1, -0.05) is 0 Å². The van der Waals surface area contributed by atoms with Crippen molar-refractivity contribution in [3.05, 3.63) is 59.5 Å². The molecule has 1 heterocycles. The normalized spacial score (nSPS) is 10.5. The van der Waals surface area contributed by atoms with E-state index in [2.05, 4.69) is 5.32 Å². The van der Waals surface area contributed by atoms with E-state index in [4.69, 9.17) is 5.73 Å². The first-order chi connectivity index (χ1) is 9.22. The number of carbonyl (C=O) groups excluding carboxylic acids is 1. The van der Waals surface area contributed by atoms with E-state index in [1.54, 1.807) is 35.6 Å². The van der Waals surface area contributed by atoms with Gasteiger partial charge in [0.2, 0.25) is 0 Å². The Hall–Kier alpha value is -2.33. The Kier molecular flexibility index (Phi) is 2.93. The highest BCUT2D eigenvalue weighted by molar-refractivity contribution is 7.17. The number of amides is 1. The number of carbonyl (C=O) groups is 1. The molecule has 94 valence electrons. The van der Waals surface area contributed by atoms with Gasteiger partial charge in [0.25, 0.3) is 5.91 Å². The van der Waals surface area contributed by atoms with Crippen LogP contribution in [0.2, 0.25) is 0 Å². The lowest BCUT2D eigenvalue weighted by molar-refractivity contribution is 0.102. The van der Waals surface area contributed by atoms with Gasteiger partial charge in [-0.05, 0) is 59.3 Å². The summed E-state index contributed by atoms with van der Waals surface area (Å²) < 4.78 is 1.21. The highest BCUT2D eigenvalue weighted by atomic mass is 32.1. The van der Waals surface area contributed by atoms with Crippen LogP contribution in [0.5, 0.6) is 0 Å². The van der Waals surface area contributed by atoms with Crippen LogP contribution in [0, 0.1) is 0 Å². The lowest BCUT2D eigenvalue weighted by Crippen LogP contribution is -2.11. The summed E-state index contributed by atoms with van der Waals surface area (Å²) in [6.45, 7) is 0. The topological polar surface area (TPSA) is 55.1 Å². The summed E-state index contributed by atoms with van der Waals surface area (Å²) in [5.41, 5.74) is 7.64. The van der Waals surface area contributed by atoms with Crippen molar-refractivity contribution in [2.45, 2.75) is 0 Å². The monoisotopic (exact) mass is 268 g/mol. The zero-order valence-electron chi connectivity index (χ0n) is 10.1. The van der Waals surface area contributed by atoms with Crippen LogP contribution in [0.4, 0.5) is 11.4 Å². The first-order valence-electron chi connectivity index (χ1n) is 5.86. The number of nitrogen functional groups attached to an aromatic ring is 1. The van der Waals surface area contributed by atoms with Gasteiger partial charge in [0.05, 0.1) is 0 Å². The number of nitrogens with one attached hydrogen (secondary N) is 1. The molecule has 0 radical (unpaired) electrons. The molecule has 2 aromatic carbocycles. The summed E-state index contributed by atoms with van der Waals surface area (Å²) >= 11 is 1.69. The summed E-state index contributed by atoms with van der Waals surface area (Å²) in [5.74, 6) is -0.130. The Labute approximate surface area is 114 Å². The first-order valence-corrected chi connectivity index (χ1v) is 6.74. The van der Waals surface area contributed by atoms with Crippen molar-refractivity contribution in [3.63, 3.8) is 0 Å². The van der Waals surface area contributed by atoms with Gasteiger partial charge in [-0.3, -0.25) is 4.79 Å². The highest BCUT2D eigenvalue weighted by Gasteiger charge is 2.06. The third-order valence-corrected chi connectivity index (χ3v) is 3.78. The Bertz CT molecular complexity index is 731. The molecule has 3 N–H and O–H groups in total. The second kappa shape index (κ2) is 4.74. The number of nitrogens with two attached hydrogens (primary N) is 1. The molecule has 0 spiro atoms. The maximum absolute atomic E-state index is 12.1. The Balaban J connectivity index is 1.83. The predicted molar refractivity (Wildman–Crippen MR) is 80.6 cm³/mol. The Morgan fingerprint density at radius 2 is 1.84 bits per heavy atom. The maximum atomic E-state index is 12.1. The largest absolute Gasteiger partial charge is 0.399 e. The van der Waals surface area contributed by atoms with Crippen LogP contribution < -0.4 is 11.1 Å². The molecular weight excluding hydrogens is 256 g/mol. The van der Waals surface area contributed by atoms with Crippen molar-refractivity contribution < 1.29 is 4.79 Å². The predicted octanol–water partition coefficient (Wildman–Crippen LogP) is 3.74. The number of rotatable bonds is 2. The van der Waals surface area contributed by atoms with Crippen molar-refractivity contribution in [2.24, 2.45) is 0 Å². The molecule has 1 amide bonds. The van der Waals surface area contributed by atoms with E-state index in [1.165, 1.54) is 4.70 Å². The minimum Gasteiger partial charge on any atom is -0.399 e. The van der Waals surface area contributed by atoms with Gasteiger partial charge in [-0.2, -0.15) is 0 Å².